The Hall–Kier alpha value is -2.10. The summed E-state index contributed by atoms with van der Waals surface area (Å²) in [5, 5.41) is 0. The Kier molecular flexibility index (Phi) is 6.48. The molecular formula is C22H32N4. The Morgan fingerprint density at radius 1 is 1.12 bits per heavy atom. The van der Waals surface area contributed by atoms with Gasteiger partial charge >= 0.3 is 0 Å². The molecule has 1 aliphatic rings. The smallest absolute Gasteiger partial charge is 0.227 e. The Labute approximate surface area is 158 Å². The van der Waals surface area contributed by atoms with Crippen LogP contribution in [0.4, 0.5) is 11.8 Å². The average Bonchev–Trinajstić information content (AvgIpc) is 2.67. The van der Waals surface area contributed by atoms with E-state index in [0.29, 0.717) is 0 Å². The van der Waals surface area contributed by atoms with Crippen molar-refractivity contribution in [3.05, 3.63) is 47.7 Å². The standard InChI is InChI=1S/C22H32N4/c1-4-5-13-25(3)21-16-18(2)23-22(24-21)26-14-11-20(12-15-26)17-19-9-7-6-8-10-19/h6-10,16,20H,4-5,11-15,17H2,1-3H3. The molecule has 0 saturated carbocycles. The molecule has 26 heavy (non-hydrogen) atoms. The molecule has 0 radical (unpaired) electrons. The van der Waals surface area contributed by atoms with Crippen LogP contribution in [-0.4, -0.2) is 36.6 Å². The maximum atomic E-state index is 4.86. The van der Waals surface area contributed by atoms with Gasteiger partial charge in [0.25, 0.3) is 0 Å². The van der Waals surface area contributed by atoms with Gasteiger partial charge in [-0.25, -0.2) is 4.98 Å². The highest BCUT2D eigenvalue weighted by molar-refractivity contribution is 5.45. The molecule has 0 aliphatic carbocycles. The van der Waals surface area contributed by atoms with Crippen LogP contribution < -0.4 is 9.80 Å². The number of benzene rings is 1. The number of piperidine rings is 1. The van der Waals surface area contributed by atoms with Gasteiger partial charge in [0.1, 0.15) is 5.82 Å². The summed E-state index contributed by atoms with van der Waals surface area (Å²) in [6.45, 7) is 7.46. The quantitative estimate of drug-likeness (QED) is 0.735. The van der Waals surface area contributed by atoms with Crippen molar-refractivity contribution in [2.45, 2.75) is 46.0 Å². The van der Waals surface area contributed by atoms with Crippen LogP contribution >= 0.6 is 0 Å². The summed E-state index contributed by atoms with van der Waals surface area (Å²) in [7, 11) is 2.13. The number of hydrogen-bond donors (Lipinski definition) is 0. The molecule has 140 valence electrons. The third kappa shape index (κ3) is 4.96. The minimum atomic E-state index is 0.769. The number of aromatic nitrogens is 2. The van der Waals surface area contributed by atoms with Crippen molar-refractivity contribution in [3.8, 4) is 0 Å². The summed E-state index contributed by atoms with van der Waals surface area (Å²) >= 11 is 0. The molecule has 1 aromatic heterocycles. The second-order valence-electron chi connectivity index (χ2n) is 7.56. The van der Waals surface area contributed by atoms with Crippen LogP contribution in [0.25, 0.3) is 0 Å². The van der Waals surface area contributed by atoms with Crippen LogP contribution in [0, 0.1) is 12.8 Å². The molecule has 0 atom stereocenters. The number of nitrogens with zero attached hydrogens (tertiary/aromatic N) is 4. The molecule has 1 fully saturated rings. The van der Waals surface area contributed by atoms with Crippen molar-refractivity contribution >= 4 is 11.8 Å². The second kappa shape index (κ2) is 9.02. The summed E-state index contributed by atoms with van der Waals surface area (Å²) in [6, 6.07) is 13.0. The summed E-state index contributed by atoms with van der Waals surface area (Å²) < 4.78 is 0. The Morgan fingerprint density at radius 3 is 2.54 bits per heavy atom. The lowest BCUT2D eigenvalue weighted by atomic mass is 9.90. The minimum Gasteiger partial charge on any atom is -0.360 e. The highest BCUT2D eigenvalue weighted by Gasteiger charge is 2.22. The van der Waals surface area contributed by atoms with Gasteiger partial charge in [-0.2, -0.15) is 4.98 Å². The fraction of sp³-hybridized carbons (Fsp3) is 0.545. The molecule has 3 rings (SSSR count). The largest absolute Gasteiger partial charge is 0.360 e. The third-order valence-electron chi connectivity index (χ3n) is 5.33. The van der Waals surface area contributed by atoms with Crippen molar-refractivity contribution in [2.75, 3.05) is 36.5 Å². The van der Waals surface area contributed by atoms with Gasteiger partial charge in [0, 0.05) is 38.4 Å². The van der Waals surface area contributed by atoms with Gasteiger partial charge < -0.3 is 9.80 Å². The number of rotatable bonds is 7. The third-order valence-corrected chi connectivity index (χ3v) is 5.33. The van der Waals surface area contributed by atoms with Crippen LogP contribution in [-0.2, 0) is 6.42 Å². The first-order valence-electron chi connectivity index (χ1n) is 10.0. The topological polar surface area (TPSA) is 32.3 Å². The predicted molar refractivity (Wildman–Crippen MR) is 110 cm³/mol. The number of unbranched alkanes of at least 4 members (excludes halogenated alkanes) is 1. The molecule has 1 aromatic carbocycles. The molecule has 0 N–H and O–H groups in total. The van der Waals surface area contributed by atoms with Crippen molar-refractivity contribution in [2.24, 2.45) is 5.92 Å². The highest BCUT2D eigenvalue weighted by Crippen LogP contribution is 2.25. The molecule has 0 amide bonds. The number of anilines is 2. The second-order valence-corrected chi connectivity index (χ2v) is 7.56. The first kappa shape index (κ1) is 18.7. The maximum Gasteiger partial charge on any atom is 0.227 e. The van der Waals surface area contributed by atoms with E-state index in [1.165, 1.54) is 37.7 Å². The first-order chi connectivity index (χ1) is 12.7. The number of aryl methyl sites for hydroxylation is 1. The zero-order chi connectivity index (χ0) is 18.4. The summed E-state index contributed by atoms with van der Waals surface area (Å²) in [5.41, 5.74) is 2.51. The zero-order valence-electron chi connectivity index (χ0n) is 16.5. The van der Waals surface area contributed by atoms with Crippen molar-refractivity contribution in [3.63, 3.8) is 0 Å². The summed E-state index contributed by atoms with van der Waals surface area (Å²) in [5.74, 6) is 2.72. The molecule has 0 spiro atoms. The number of hydrogen-bond acceptors (Lipinski definition) is 4. The molecule has 2 heterocycles. The normalized spacial score (nSPS) is 15.3. The highest BCUT2D eigenvalue weighted by atomic mass is 15.3. The van der Waals surface area contributed by atoms with Crippen LogP contribution in [0.15, 0.2) is 36.4 Å². The molecule has 0 bridgehead atoms. The molecule has 4 nitrogen and oxygen atoms in total. The average molecular weight is 353 g/mol. The van der Waals surface area contributed by atoms with E-state index in [2.05, 4.69) is 67.1 Å². The predicted octanol–water partition coefficient (Wildman–Crippen LogP) is 4.48. The van der Waals surface area contributed by atoms with E-state index in [9.17, 15) is 0 Å². The lowest BCUT2D eigenvalue weighted by Gasteiger charge is -2.32. The maximum absolute atomic E-state index is 4.86. The summed E-state index contributed by atoms with van der Waals surface area (Å²) in [4.78, 5) is 14.2. The van der Waals surface area contributed by atoms with E-state index in [4.69, 9.17) is 9.97 Å². The molecule has 0 unspecified atom stereocenters. The van der Waals surface area contributed by atoms with Gasteiger partial charge in [-0.15, -0.1) is 0 Å². The summed E-state index contributed by atoms with van der Waals surface area (Å²) in [6.07, 6.45) is 6.02. The van der Waals surface area contributed by atoms with E-state index in [0.717, 1.165) is 43.0 Å². The first-order valence-corrected chi connectivity index (χ1v) is 10.0. The van der Waals surface area contributed by atoms with Gasteiger partial charge in [0.15, 0.2) is 0 Å². The van der Waals surface area contributed by atoms with Crippen LogP contribution in [0.3, 0.4) is 0 Å². The van der Waals surface area contributed by atoms with E-state index in [1.54, 1.807) is 0 Å². The lowest BCUT2D eigenvalue weighted by Crippen LogP contribution is -2.36. The fourth-order valence-corrected chi connectivity index (χ4v) is 3.67. The minimum absolute atomic E-state index is 0.769. The van der Waals surface area contributed by atoms with Crippen LogP contribution in [0.2, 0.25) is 0 Å². The van der Waals surface area contributed by atoms with Gasteiger partial charge in [-0.1, -0.05) is 43.7 Å². The Balaban J connectivity index is 1.61. The van der Waals surface area contributed by atoms with E-state index in [-0.39, 0.29) is 0 Å². The van der Waals surface area contributed by atoms with Crippen LogP contribution in [0.1, 0.15) is 43.9 Å². The van der Waals surface area contributed by atoms with E-state index < -0.39 is 0 Å². The van der Waals surface area contributed by atoms with Gasteiger partial charge in [-0.3, -0.25) is 0 Å². The van der Waals surface area contributed by atoms with Gasteiger partial charge in [0.2, 0.25) is 5.95 Å². The molecule has 1 saturated heterocycles. The molecule has 2 aromatic rings. The molecular weight excluding hydrogens is 320 g/mol. The van der Waals surface area contributed by atoms with Crippen LogP contribution in [0.5, 0.6) is 0 Å². The van der Waals surface area contributed by atoms with Crippen molar-refractivity contribution in [1.29, 1.82) is 0 Å². The Morgan fingerprint density at radius 2 is 1.85 bits per heavy atom. The molecule has 1 aliphatic heterocycles. The van der Waals surface area contributed by atoms with Gasteiger partial charge in [0.05, 0.1) is 0 Å². The lowest BCUT2D eigenvalue weighted by molar-refractivity contribution is 0.400. The fourth-order valence-electron chi connectivity index (χ4n) is 3.67. The van der Waals surface area contributed by atoms with E-state index in [1.807, 2.05) is 0 Å². The monoisotopic (exact) mass is 352 g/mol. The Bertz CT molecular complexity index is 678. The molecule has 4 heteroatoms. The van der Waals surface area contributed by atoms with Crippen molar-refractivity contribution < 1.29 is 0 Å². The van der Waals surface area contributed by atoms with Crippen molar-refractivity contribution in [1.82, 2.24) is 9.97 Å². The zero-order valence-corrected chi connectivity index (χ0v) is 16.5. The van der Waals surface area contributed by atoms with E-state index >= 15 is 0 Å². The van der Waals surface area contributed by atoms with Gasteiger partial charge in [-0.05, 0) is 44.1 Å². The SMILES string of the molecule is CCCCN(C)c1cc(C)nc(N2CCC(Cc3ccccc3)CC2)n1.